The molecule has 0 radical (unpaired) electrons. The van der Waals surface area contributed by atoms with Crippen molar-refractivity contribution < 1.29 is 9.85 Å². The molecule has 0 atom stereocenters. The standard InChI is InChI=1S/C22H16N6O4/c29-27(30)19-11-12-20(21(13-19)28(31)32)24-23-14-17-15-26(18-9-5-2-6-10-18)25-22(17)16-7-3-1-4-8-16/h1-15,24H. The number of nitro groups is 2. The molecule has 10 nitrogen and oxygen atoms in total. The fourth-order valence-corrected chi connectivity index (χ4v) is 3.07. The maximum absolute atomic E-state index is 11.3. The topological polar surface area (TPSA) is 128 Å². The van der Waals surface area contributed by atoms with Crippen molar-refractivity contribution >= 4 is 23.3 Å². The molecular weight excluding hydrogens is 412 g/mol. The zero-order valence-corrected chi connectivity index (χ0v) is 16.5. The maximum atomic E-state index is 11.3. The molecule has 0 aliphatic heterocycles. The SMILES string of the molecule is O=[N+]([O-])c1ccc(NN=Cc2cn(-c3ccccc3)nc2-c2ccccc2)c([N+](=O)[O-])c1. The number of nitro benzene ring substituents is 2. The van der Waals surface area contributed by atoms with Crippen molar-refractivity contribution in [1.82, 2.24) is 9.78 Å². The predicted octanol–water partition coefficient (Wildman–Crippen LogP) is 4.80. The van der Waals surface area contributed by atoms with E-state index in [2.05, 4.69) is 15.6 Å². The first-order chi connectivity index (χ1) is 15.5. The quantitative estimate of drug-likeness (QED) is 0.256. The first kappa shape index (κ1) is 20.4. The van der Waals surface area contributed by atoms with Crippen molar-refractivity contribution in [2.45, 2.75) is 0 Å². The van der Waals surface area contributed by atoms with E-state index < -0.39 is 15.5 Å². The molecule has 0 unspecified atom stereocenters. The van der Waals surface area contributed by atoms with Crippen LogP contribution in [0.2, 0.25) is 0 Å². The summed E-state index contributed by atoms with van der Waals surface area (Å²) in [5, 5.41) is 31.0. The van der Waals surface area contributed by atoms with Crippen LogP contribution >= 0.6 is 0 Å². The molecule has 1 heterocycles. The lowest BCUT2D eigenvalue weighted by Gasteiger charge is -2.02. The third-order valence-electron chi connectivity index (χ3n) is 4.59. The summed E-state index contributed by atoms with van der Waals surface area (Å²) in [5.74, 6) is 0. The van der Waals surface area contributed by atoms with Gasteiger partial charge in [-0.05, 0) is 18.2 Å². The van der Waals surface area contributed by atoms with Gasteiger partial charge in [0, 0.05) is 23.4 Å². The molecule has 0 fully saturated rings. The first-order valence-electron chi connectivity index (χ1n) is 9.45. The van der Waals surface area contributed by atoms with Crippen molar-refractivity contribution in [3.63, 3.8) is 0 Å². The van der Waals surface area contributed by atoms with Gasteiger partial charge in [0.25, 0.3) is 5.69 Å². The third-order valence-corrected chi connectivity index (χ3v) is 4.59. The summed E-state index contributed by atoms with van der Waals surface area (Å²) in [4.78, 5) is 20.8. The number of nitrogens with zero attached hydrogens (tertiary/aromatic N) is 5. The smallest absolute Gasteiger partial charge is 0.272 e. The van der Waals surface area contributed by atoms with Crippen molar-refractivity contribution in [3.05, 3.63) is 111 Å². The highest BCUT2D eigenvalue weighted by molar-refractivity contribution is 5.89. The second-order valence-electron chi connectivity index (χ2n) is 6.66. The Morgan fingerprint density at radius 3 is 2.25 bits per heavy atom. The zero-order chi connectivity index (χ0) is 22.5. The van der Waals surface area contributed by atoms with Crippen molar-refractivity contribution in [3.8, 4) is 16.9 Å². The Hall–Kier alpha value is -4.86. The second-order valence-corrected chi connectivity index (χ2v) is 6.66. The number of benzene rings is 3. The summed E-state index contributed by atoms with van der Waals surface area (Å²) in [5.41, 5.74) is 4.92. The average Bonchev–Trinajstić information content (AvgIpc) is 3.24. The van der Waals surface area contributed by atoms with Crippen molar-refractivity contribution in [2.24, 2.45) is 5.10 Å². The molecule has 0 aliphatic rings. The summed E-state index contributed by atoms with van der Waals surface area (Å²) in [6.45, 7) is 0. The minimum Gasteiger partial charge on any atom is -0.272 e. The van der Waals surface area contributed by atoms with Gasteiger partial charge in [0.15, 0.2) is 0 Å². The third kappa shape index (κ3) is 4.33. The first-order valence-corrected chi connectivity index (χ1v) is 9.45. The van der Waals surface area contributed by atoms with Gasteiger partial charge < -0.3 is 0 Å². The molecule has 0 aliphatic carbocycles. The molecule has 1 aromatic heterocycles. The number of para-hydroxylation sites is 1. The van der Waals surface area contributed by atoms with E-state index in [0.29, 0.717) is 11.3 Å². The van der Waals surface area contributed by atoms with E-state index in [-0.39, 0.29) is 11.4 Å². The van der Waals surface area contributed by atoms with E-state index >= 15 is 0 Å². The van der Waals surface area contributed by atoms with Gasteiger partial charge in [-0.15, -0.1) is 0 Å². The molecule has 32 heavy (non-hydrogen) atoms. The van der Waals surface area contributed by atoms with Gasteiger partial charge in [0.1, 0.15) is 11.4 Å². The largest absolute Gasteiger partial charge is 0.301 e. The minimum absolute atomic E-state index is 0.0357. The molecule has 0 bridgehead atoms. The van der Waals surface area contributed by atoms with Crippen LogP contribution in [0.1, 0.15) is 5.56 Å². The van der Waals surface area contributed by atoms with Crippen LogP contribution in [0.4, 0.5) is 17.1 Å². The average molecular weight is 428 g/mol. The van der Waals surface area contributed by atoms with Gasteiger partial charge >= 0.3 is 5.69 Å². The molecule has 158 valence electrons. The molecule has 0 spiro atoms. The molecule has 4 aromatic rings. The van der Waals surface area contributed by atoms with E-state index in [1.165, 1.54) is 18.3 Å². The summed E-state index contributed by atoms with van der Waals surface area (Å²) < 4.78 is 1.72. The van der Waals surface area contributed by atoms with E-state index in [9.17, 15) is 20.2 Å². The Balaban J connectivity index is 1.68. The molecule has 0 saturated carbocycles. The lowest BCUT2D eigenvalue weighted by Crippen LogP contribution is -1.98. The number of hydrogen-bond acceptors (Lipinski definition) is 7. The molecule has 0 saturated heterocycles. The Morgan fingerprint density at radius 1 is 0.906 bits per heavy atom. The molecule has 10 heteroatoms. The number of non-ortho nitro benzene ring substituents is 1. The number of hydrazone groups is 1. The van der Waals surface area contributed by atoms with Crippen LogP contribution in [0, 0.1) is 20.2 Å². The van der Waals surface area contributed by atoms with E-state index in [1.54, 1.807) is 10.9 Å². The van der Waals surface area contributed by atoms with Gasteiger partial charge in [0.05, 0.1) is 27.8 Å². The lowest BCUT2D eigenvalue weighted by atomic mass is 10.1. The summed E-state index contributed by atoms with van der Waals surface area (Å²) in [6, 6.07) is 22.4. The Bertz CT molecular complexity index is 1300. The highest BCUT2D eigenvalue weighted by atomic mass is 16.6. The van der Waals surface area contributed by atoms with E-state index in [0.717, 1.165) is 17.3 Å². The lowest BCUT2D eigenvalue weighted by molar-refractivity contribution is -0.393. The van der Waals surface area contributed by atoms with Gasteiger partial charge in [0.2, 0.25) is 0 Å². The number of anilines is 1. The zero-order valence-electron chi connectivity index (χ0n) is 16.5. The minimum atomic E-state index is -0.701. The van der Waals surface area contributed by atoms with Crippen LogP contribution in [0.15, 0.2) is 90.2 Å². The van der Waals surface area contributed by atoms with Gasteiger partial charge in [-0.1, -0.05) is 48.5 Å². The summed E-state index contributed by atoms with van der Waals surface area (Å²) in [6.07, 6.45) is 3.30. The number of hydrogen-bond donors (Lipinski definition) is 1. The predicted molar refractivity (Wildman–Crippen MR) is 120 cm³/mol. The van der Waals surface area contributed by atoms with Crippen LogP contribution < -0.4 is 5.43 Å². The van der Waals surface area contributed by atoms with Crippen molar-refractivity contribution in [2.75, 3.05) is 5.43 Å². The maximum Gasteiger partial charge on any atom is 0.301 e. The number of rotatable bonds is 7. The van der Waals surface area contributed by atoms with Gasteiger partial charge in [-0.3, -0.25) is 25.7 Å². The van der Waals surface area contributed by atoms with Crippen LogP contribution in [0.5, 0.6) is 0 Å². The van der Waals surface area contributed by atoms with Gasteiger partial charge in [-0.25, -0.2) is 4.68 Å². The van der Waals surface area contributed by atoms with Crippen LogP contribution in [-0.2, 0) is 0 Å². The monoisotopic (exact) mass is 428 g/mol. The molecule has 3 aromatic carbocycles. The van der Waals surface area contributed by atoms with Gasteiger partial charge in [-0.2, -0.15) is 10.2 Å². The summed E-state index contributed by atoms with van der Waals surface area (Å²) >= 11 is 0. The number of aromatic nitrogens is 2. The summed E-state index contributed by atoms with van der Waals surface area (Å²) in [7, 11) is 0. The normalized spacial score (nSPS) is 10.9. The highest BCUT2D eigenvalue weighted by Gasteiger charge is 2.19. The molecule has 4 rings (SSSR count). The van der Waals surface area contributed by atoms with Crippen molar-refractivity contribution in [1.29, 1.82) is 0 Å². The Labute approximate surface area is 181 Å². The van der Waals surface area contributed by atoms with Crippen LogP contribution in [-0.4, -0.2) is 25.8 Å². The van der Waals surface area contributed by atoms with Crippen LogP contribution in [0.3, 0.4) is 0 Å². The fraction of sp³-hybridized carbons (Fsp3) is 0. The Kier molecular flexibility index (Phi) is 5.66. The molecule has 1 N–H and O–H groups in total. The molecule has 0 amide bonds. The van der Waals surface area contributed by atoms with E-state index in [4.69, 9.17) is 0 Å². The fourth-order valence-electron chi connectivity index (χ4n) is 3.07. The second kappa shape index (κ2) is 8.88. The van der Waals surface area contributed by atoms with E-state index in [1.807, 2.05) is 60.7 Å². The molecular formula is C22H16N6O4. The number of nitrogens with one attached hydrogen (secondary N) is 1. The Morgan fingerprint density at radius 2 is 1.59 bits per heavy atom. The van der Waals surface area contributed by atoms with Crippen LogP contribution in [0.25, 0.3) is 16.9 Å². The highest BCUT2D eigenvalue weighted by Crippen LogP contribution is 2.29.